The summed E-state index contributed by atoms with van der Waals surface area (Å²) in [6.45, 7) is 9.60. The van der Waals surface area contributed by atoms with Crippen molar-refractivity contribution in [3.05, 3.63) is 24.3 Å². The molecule has 0 aromatic rings. The van der Waals surface area contributed by atoms with Crippen molar-refractivity contribution in [2.24, 2.45) is 11.8 Å². The second-order valence-electron chi connectivity index (χ2n) is 9.82. The first-order chi connectivity index (χ1) is 13.1. The van der Waals surface area contributed by atoms with Gasteiger partial charge in [-0.25, -0.2) is 0 Å². The number of hydrogen-bond acceptors (Lipinski definition) is 2. The highest BCUT2D eigenvalue weighted by atomic mass is 16.2. The molecule has 156 valence electrons. The third kappa shape index (κ3) is 3.90. The lowest BCUT2D eigenvalue weighted by atomic mass is 9.78. The van der Waals surface area contributed by atoms with Gasteiger partial charge in [-0.1, -0.05) is 24.3 Å². The maximum absolute atomic E-state index is 13.4. The molecule has 0 radical (unpaired) electrons. The van der Waals surface area contributed by atoms with Crippen molar-refractivity contribution in [3.63, 3.8) is 0 Å². The van der Waals surface area contributed by atoms with Crippen molar-refractivity contribution in [2.75, 3.05) is 67.5 Å². The van der Waals surface area contributed by atoms with E-state index in [1.165, 1.54) is 0 Å². The van der Waals surface area contributed by atoms with Crippen LogP contribution in [0.25, 0.3) is 0 Å². The molecule has 0 spiro atoms. The van der Waals surface area contributed by atoms with E-state index in [-0.39, 0.29) is 35.7 Å². The molecule has 6 rings (SSSR count). The van der Waals surface area contributed by atoms with E-state index in [4.69, 9.17) is 0 Å². The van der Waals surface area contributed by atoms with Crippen LogP contribution in [-0.2, 0) is 9.59 Å². The maximum Gasteiger partial charge on any atom is 0.232 e. The molecule has 6 heteroatoms. The first kappa shape index (κ1) is 21.1. The molecule has 1 saturated heterocycles. The topological polar surface area (TPSA) is 40.6 Å². The summed E-state index contributed by atoms with van der Waals surface area (Å²) in [5.74, 6) is -0.145. The van der Waals surface area contributed by atoms with E-state index in [0.29, 0.717) is 13.1 Å². The van der Waals surface area contributed by atoms with Gasteiger partial charge in [0.05, 0.1) is 91.4 Å². The van der Waals surface area contributed by atoms with E-state index in [2.05, 4.69) is 66.3 Å². The van der Waals surface area contributed by atoms with Gasteiger partial charge in [-0.3, -0.25) is 9.59 Å². The second-order valence-corrected chi connectivity index (χ2v) is 9.82. The van der Waals surface area contributed by atoms with Crippen LogP contribution in [0.5, 0.6) is 0 Å². The fourth-order valence-electron chi connectivity index (χ4n) is 4.25. The van der Waals surface area contributed by atoms with Crippen molar-refractivity contribution in [2.45, 2.75) is 25.9 Å². The summed E-state index contributed by atoms with van der Waals surface area (Å²) in [4.78, 5) is 30.7. The van der Waals surface area contributed by atoms with Gasteiger partial charge in [0, 0.05) is 0 Å². The summed E-state index contributed by atoms with van der Waals surface area (Å²) < 4.78 is 1.75. The maximum atomic E-state index is 13.4. The minimum Gasteiger partial charge on any atom is -0.329 e. The average molecular weight is 391 g/mol. The standard InChI is InChI=1S/C22H38N4O2/c1-7-25(3,4)15-13-23-19-11-9-18(21(23)27)20-12-10-17(19)22(28)24(20)14-16-26(5,6)8-2/h9-12,17-20H,7-8,13-16H2,1-6H3/q+2. The number of likely N-dealkylation sites (N-methyl/N-ethyl adjacent to an activating group) is 2. The molecule has 1 fully saturated rings. The molecule has 5 aliphatic heterocycles. The lowest BCUT2D eigenvalue weighted by molar-refractivity contribution is -0.888. The molecule has 28 heavy (non-hydrogen) atoms. The minimum atomic E-state index is -0.257. The monoisotopic (exact) mass is 390 g/mol. The summed E-state index contributed by atoms with van der Waals surface area (Å²) in [6.07, 6.45) is 8.34. The molecule has 0 N–H and O–H groups in total. The van der Waals surface area contributed by atoms with Crippen molar-refractivity contribution in [3.8, 4) is 0 Å². The van der Waals surface area contributed by atoms with Crippen LogP contribution >= 0.6 is 0 Å². The van der Waals surface area contributed by atoms with Gasteiger partial charge in [-0.15, -0.1) is 0 Å². The Morgan fingerprint density at radius 2 is 1.07 bits per heavy atom. The van der Waals surface area contributed by atoms with E-state index in [0.717, 1.165) is 35.1 Å². The fraction of sp³-hybridized carbons (Fsp3) is 0.727. The molecule has 4 atom stereocenters. The van der Waals surface area contributed by atoms with E-state index in [1.54, 1.807) is 0 Å². The minimum absolute atomic E-state index is 0.151. The summed E-state index contributed by atoms with van der Waals surface area (Å²) in [7, 11) is 8.76. The summed E-state index contributed by atoms with van der Waals surface area (Å²) >= 11 is 0. The number of carbonyl (C=O) groups excluding carboxylic acids is 2. The third-order valence-corrected chi connectivity index (χ3v) is 7.23. The van der Waals surface area contributed by atoms with Crippen LogP contribution in [0.4, 0.5) is 0 Å². The Morgan fingerprint density at radius 1 is 0.714 bits per heavy atom. The molecule has 5 heterocycles. The van der Waals surface area contributed by atoms with E-state index in [9.17, 15) is 9.59 Å². The van der Waals surface area contributed by atoms with E-state index in [1.807, 2.05) is 9.80 Å². The van der Waals surface area contributed by atoms with Crippen molar-refractivity contribution in [1.29, 1.82) is 0 Å². The lowest BCUT2D eigenvalue weighted by Crippen LogP contribution is -2.64. The highest BCUT2D eigenvalue weighted by Gasteiger charge is 2.49. The first-order valence-electron chi connectivity index (χ1n) is 10.7. The van der Waals surface area contributed by atoms with Gasteiger partial charge >= 0.3 is 0 Å². The number of hydrogen-bond donors (Lipinski definition) is 0. The van der Waals surface area contributed by atoms with Gasteiger partial charge in [0.15, 0.2) is 0 Å². The Bertz CT molecular complexity index is 624. The van der Waals surface area contributed by atoms with Crippen molar-refractivity contribution in [1.82, 2.24) is 9.80 Å². The van der Waals surface area contributed by atoms with Crippen molar-refractivity contribution < 1.29 is 18.6 Å². The Balaban J connectivity index is 1.82. The number of rotatable bonds is 8. The molecule has 2 amide bonds. The molecular weight excluding hydrogens is 352 g/mol. The highest BCUT2D eigenvalue weighted by molar-refractivity contribution is 5.91. The zero-order valence-corrected chi connectivity index (χ0v) is 18.5. The number of amides is 2. The van der Waals surface area contributed by atoms with Gasteiger partial charge < -0.3 is 18.8 Å². The van der Waals surface area contributed by atoms with Gasteiger partial charge in [0.25, 0.3) is 0 Å². The summed E-state index contributed by atoms with van der Waals surface area (Å²) in [6, 6.07) is -0.302. The van der Waals surface area contributed by atoms with E-state index < -0.39 is 0 Å². The second kappa shape index (κ2) is 7.64. The van der Waals surface area contributed by atoms with Gasteiger partial charge in [0.2, 0.25) is 11.8 Å². The van der Waals surface area contributed by atoms with Crippen LogP contribution in [0.1, 0.15) is 13.8 Å². The van der Waals surface area contributed by atoms with Crippen LogP contribution in [0, 0.1) is 11.8 Å². The Labute approximate surface area is 170 Å². The number of nitrogens with zero attached hydrogens (tertiary/aromatic N) is 4. The molecule has 0 aromatic carbocycles. The Kier molecular flexibility index (Phi) is 5.74. The van der Waals surface area contributed by atoms with Crippen LogP contribution in [0.2, 0.25) is 0 Å². The van der Waals surface area contributed by atoms with Crippen LogP contribution in [0.15, 0.2) is 24.3 Å². The molecule has 4 bridgehead atoms. The molecule has 0 aromatic heterocycles. The zero-order chi connectivity index (χ0) is 20.7. The predicted molar refractivity (Wildman–Crippen MR) is 111 cm³/mol. The third-order valence-electron chi connectivity index (χ3n) is 7.23. The molecule has 4 unspecified atom stereocenters. The normalized spacial score (nSPS) is 29.6. The van der Waals surface area contributed by atoms with Crippen LogP contribution in [-0.4, -0.2) is 110 Å². The number of carbonyl (C=O) groups is 2. The lowest BCUT2D eigenvalue weighted by Gasteiger charge is -2.50. The molecular formula is C22H38N4O2+2. The largest absolute Gasteiger partial charge is 0.329 e. The molecule has 1 aliphatic carbocycles. The predicted octanol–water partition coefficient (Wildman–Crippen LogP) is 0.959. The molecule has 6 aliphatic rings. The summed E-state index contributed by atoms with van der Waals surface area (Å²) in [5.41, 5.74) is 0. The van der Waals surface area contributed by atoms with E-state index >= 15 is 0 Å². The SMILES string of the molecule is CC[N+](C)(C)CCN1C(=O)C2C=CC1C1C=CC2N(CC[N+](C)(C)CC)C1=O. The van der Waals surface area contributed by atoms with Crippen LogP contribution < -0.4 is 0 Å². The quantitative estimate of drug-likeness (QED) is 0.458. The van der Waals surface area contributed by atoms with Crippen molar-refractivity contribution >= 4 is 11.8 Å². The smallest absolute Gasteiger partial charge is 0.232 e. The molecule has 6 nitrogen and oxygen atoms in total. The van der Waals surface area contributed by atoms with Gasteiger partial charge in [-0.2, -0.15) is 0 Å². The Morgan fingerprint density at radius 3 is 1.39 bits per heavy atom. The molecule has 0 saturated carbocycles. The number of quaternary nitrogens is 2. The zero-order valence-electron chi connectivity index (χ0n) is 18.5. The highest BCUT2D eigenvalue weighted by Crippen LogP contribution is 2.36. The fourth-order valence-corrected chi connectivity index (χ4v) is 4.25. The average Bonchev–Trinajstić information content (AvgIpc) is 2.63. The Hall–Kier alpha value is -1.66. The van der Waals surface area contributed by atoms with Gasteiger partial charge in [0.1, 0.15) is 0 Å². The first-order valence-corrected chi connectivity index (χ1v) is 10.7. The van der Waals surface area contributed by atoms with Crippen LogP contribution in [0.3, 0.4) is 0 Å². The van der Waals surface area contributed by atoms with Gasteiger partial charge in [-0.05, 0) is 13.8 Å². The summed E-state index contributed by atoms with van der Waals surface area (Å²) in [5, 5.41) is 0.